The van der Waals surface area contributed by atoms with Crippen LogP contribution in [0.25, 0.3) is 0 Å². The van der Waals surface area contributed by atoms with Crippen LogP contribution in [0.5, 0.6) is 0 Å². The summed E-state index contributed by atoms with van der Waals surface area (Å²) < 4.78 is 0. The van der Waals surface area contributed by atoms with E-state index in [9.17, 15) is 4.79 Å². The number of rotatable bonds is 3. The molecule has 0 bridgehead atoms. The van der Waals surface area contributed by atoms with Crippen molar-refractivity contribution in [3.8, 4) is 0 Å². The number of aromatic nitrogens is 1. The summed E-state index contributed by atoms with van der Waals surface area (Å²) in [6, 6.07) is 7.92. The fraction of sp³-hybridized carbons (Fsp3) is 0.286. The first kappa shape index (κ1) is 12.8. The first-order valence-electron chi connectivity index (χ1n) is 5.84. The minimum Gasteiger partial charge on any atom is -0.302 e. The maximum absolute atomic E-state index is 11.9. The van der Waals surface area contributed by atoms with E-state index in [0.717, 1.165) is 21.7 Å². The Morgan fingerprint density at radius 2 is 2.00 bits per heavy atom. The van der Waals surface area contributed by atoms with Gasteiger partial charge in [-0.1, -0.05) is 24.3 Å². The van der Waals surface area contributed by atoms with Gasteiger partial charge >= 0.3 is 0 Å². The monoisotopic (exact) mass is 260 g/mol. The Hall–Kier alpha value is -1.68. The van der Waals surface area contributed by atoms with Gasteiger partial charge in [0, 0.05) is 4.88 Å². The minimum absolute atomic E-state index is 0.0157. The molecule has 0 saturated carbocycles. The smallest absolute Gasteiger partial charge is 0.230 e. The lowest BCUT2D eigenvalue weighted by molar-refractivity contribution is -0.115. The maximum atomic E-state index is 11.9. The number of aryl methyl sites for hydroxylation is 3. The second-order valence-corrected chi connectivity index (χ2v) is 5.52. The summed E-state index contributed by atoms with van der Waals surface area (Å²) in [6.07, 6.45) is 0.393. The Labute approximate surface area is 111 Å². The normalized spacial score (nSPS) is 10.4. The minimum atomic E-state index is -0.0157. The van der Waals surface area contributed by atoms with E-state index in [-0.39, 0.29) is 5.91 Å². The van der Waals surface area contributed by atoms with Crippen LogP contribution in [0, 0.1) is 20.8 Å². The fourth-order valence-electron chi connectivity index (χ4n) is 1.67. The summed E-state index contributed by atoms with van der Waals surface area (Å²) >= 11 is 1.51. The quantitative estimate of drug-likeness (QED) is 0.920. The zero-order chi connectivity index (χ0) is 13.1. The van der Waals surface area contributed by atoms with Gasteiger partial charge in [0.15, 0.2) is 5.13 Å². The van der Waals surface area contributed by atoms with Gasteiger partial charge in [0.1, 0.15) is 0 Å². The van der Waals surface area contributed by atoms with E-state index < -0.39 is 0 Å². The molecule has 1 aromatic heterocycles. The molecular formula is C14H16N2OS. The standard InChI is InChI=1S/C14H16N2OS/c1-9-6-4-5-7-12(9)8-13(17)16-14-15-10(2)11(3)18-14/h4-7H,8H2,1-3H3,(H,15,16,17). The van der Waals surface area contributed by atoms with Crippen LogP contribution in [0.1, 0.15) is 21.7 Å². The predicted molar refractivity (Wildman–Crippen MR) is 75.1 cm³/mol. The summed E-state index contributed by atoms with van der Waals surface area (Å²) in [5, 5.41) is 3.53. The highest BCUT2D eigenvalue weighted by molar-refractivity contribution is 7.15. The zero-order valence-corrected chi connectivity index (χ0v) is 11.6. The third-order valence-electron chi connectivity index (χ3n) is 2.89. The number of hydrogen-bond donors (Lipinski definition) is 1. The molecule has 2 rings (SSSR count). The summed E-state index contributed by atoms with van der Waals surface area (Å²) in [6.45, 7) is 5.97. The molecule has 0 atom stereocenters. The van der Waals surface area contributed by atoms with Crippen molar-refractivity contribution in [2.75, 3.05) is 5.32 Å². The van der Waals surface area contributed by atoms with Gasteiger partial charge in [-0.05, 0) is 31.9 Å². The molecule has 1 heterocycles. The molecule has 0 saturated heterocycles. The highest BCUT2D eigenvalue weighted by Gasteiger charge is 2.09. The van der Waals surface area contributed by atoms with Crippen LogP contribution in [0.2, 0.25) is 0 Å². The van der Waals surface area contributed by atoms with E-state index in [0.29, 0.717) is 11.6 Å². The lowest BCUT2D eigenvalue weighted by atomic mass is 10.1. The van der Waals surface area contributed by atoms with Crippen molar-refractivity contribution in [3.05, 3.63) is 46.0 Å². The Morgan fingerprint density at radius 3 is 2.61 bits per heavy atom. The highest BCUT2D eigenvalue weighted by atomic mass is 32.1. The molecule has 2 aromatic rings. The van der Waals surface area contributed by atoms with E-state index in [1.807, 2.05) is 45.0 Å². The number of hydrogen-bond acceptors (Lipinski definition) is 3. The molecule has 1 aromatic carbocycles. The van der Waals surface area contributed by atoms with Crippen molar-refractivity contribution in [3.63, 3.8) is 0 Å². The van der Waals surface area contributed by atoms with Gasteiger partial charge in [0.25, 0.3) is 0 Å². The van der Waals surface area contributed by atoms with Crippen molar-refractivity contribution in [1.29, 1.82) is 0 Å². The average Bonchev–Trinajstić information content (AvgIpc) is 2.61. The van der Waals surface area contributed by atoms with Gasteiger partial charge in [-0.15, -0.1) is 11.3 Å². The van der Waals surface area contributed by atoms with Crippen molar-refractivity contribution in [2.45, 2.75) is 27.2 Å². The van der Waals surface area contributed by atoms with Crippen LogP contribution in [-0.4, -0.2) is 10.9 Å². The number of carbonyl (C=O) groups is 1. The lowest BCUT2D eigenvalue weighted by Gasteiger charge is -2.04. The maximum Gasteiger partial charge on any atom is 0.230 e. The second kappa shape index (κ2) is 5.31. The molecule has 3 nitrogen and oxygen atoms in total. The zero-order valence-electron chi connectivity index (χ0n) is 10.8. The number of anilines is 1. The van der Waals surface area contributed by atoms with Crippen molar-refractivity contribution < 1.29 is 4.79 Å². The molecule has 0 radical (unpaired) electrons. The average molecular weight is 260 g/mol. The number of nitrogens with zero attached hydrogens (tertiary/aromatic N) is 1. The molecule has 0 aliphatic rings. The lowest BCUT2D eigenvalue weighted by Crippen LogP contribution is -2.14. The summed E-state index contributed by atoms with van der Waals surface area (Å²) in [7, 11) is 0. The Morgan fingerprint density at radius 1 is 1.28 bits per heavy atom. The number of benzene rings is 1. The number of nitrogens with one attached hydrogen (secondary N) is 1. The summed E-state index contributed by atoms with van der Waals surface area (Å²) in [5.41, 5.74) is 3.17. The molecule has 0 aliphatic carbocycles. The SMILES string of the molecule is Cc1ccccc1CC(=O)Nc1nc(C)c(C)s1. The topological polar surface area (TPSA) is 42.0 Å². The van der Waals surface area contributed by atoms with E-state index >= 15 is 0 Å². The number of carbonyl (C=O) groups excluding carboxylic acids is 1. The van der Waals surface area contributed by atoms with Gasteiger partial charge in [0.05, 0.1) is 12.1 Å². The van der Waals surface area contributed by atoms with Crippen LogP contribution in [0.3, 0.4) is 0 Å². The first-order valence-corrected chi connectivity index (χ1v) is 6.66. The Kier molecular flexibility index (Phi) is 3.77. The van der Waals surface area contributed by atoms with Gasteiger partial charge in [-0.2, -0.15) is 0 Å². The second-order valence-electron chi connectivity index (χ2n) is 4.31. The summed E-state index contributed by atoms with van der Waals surface area (Å²) in [4.78, 5) is 17.4. The Bertz CT molecular complexity index is 555. The van der Waals surface area contributed by atoms with Crippen LogP contribution in [0.15, 0.2) is 24.3 Å². The van der Waals surface area contributed by atoms with Crippen molar-refractivity contribution >= 4 is 22.4 Å². The molecule has 4 heteroatoms. The van der Waals surface area contributed by atoms with E-state index in [2.05, 4.69) is 10.3 Å². The molecule has 1 N–H and O–H groups in total. The molecule has 94 valence electrons. The molecular weight excluding hydrogens is 244 g/mol. The van der Waals surface area contributed by atoms with Crippen molar-refractivity contribution in [2.24, 2.45) is 0 Å². The molecule has 1 amide bonds. The van der Waals surface area contributed by atoms with E-state index in [4.69, 9.17) is 0 Å². The molecule has 0 aliphatic heterocycles. The first-order chi connectivity index (χ1) is 8.56. The predicted octanol–water partition coefficient (Wildman–Crippen LogP) is 3.25. The third kappa shape index (κ3) is 2.96. The van der Waals surface area contributed by atoms with Crippen LogP contribution in [0.4, 0.5) is 5.13 Å². The molecule has 0 unspecified atom stereocenters. The largest absolute Gasteiger partial charge is 0.302 e. The van der Waals surface area contributed by atoms with Gasteiger partial charge in [-0.3, -0.25) is 4.79 Å². The van der Waals surface area contributed by atoms with Crippen molar-refractivity contribution in [1.82, 2.24) is 4.98 Å². The van der Waals surface area contributed by atoms with E-state index in [1.165, 1.54) is 11.3 Å². The van der Waals surface area contributed by atoms with Crippen LogP contribution in [-0.2, 0) is 11.2 Å². The fourth-order valence-corrected chi connectivity index (χ4v) is 2.50. The number of amides is 1. The molecule has 0 spiro atoms. The van der Waals surface area contributed by atoms with Gasteiger partial charge in [-0.25, -0.2) is 4.98 Å². The molecule has 18 heavy (non-hydrogen) atoms. The summed E-state index contributed by atoms with van der Waals surface area (Å²) in [5.74, 6) is -0.0157. The van der Waals surface area contributed by atoms with Crippen LogP contribution < -0.4 is 5.32 Å². The number of thiazole rings is 1. The van der Waals surface area contributed by atoms with Gasteiger partial charge in [0.2, 0.25) is 5.91 Å². The Balaban J connectivity index is 2.03. The highest BCUT2D eigenvalue weighted by Crippen LogP contribution is 2.21. The van der Waals surface area contributed by atoms with E-state index in [1.54, 1.807) is 0 Å². The van der Waals surface area contributed by atoms with Crippen LogP contribution >= 0.6 is 11.3 Å². The molecule has 0 fully saturated rings. The van der Waals surface area contributed by atoms with Gasteiger partial charge < -0.3 is 5.32 Å². The third-order valence-corrected chi connectivity index (χ3v) is 3.88.